The molecule has 61 heavy (non-hydrogen) atoms. The van der Waals surface area contributed by atoms with Gasteiger partial charge >= 0.3 is 12.2 Å². The van der Waals surface area contributed by atoms with Crippen LogP contribution in [0.15, 0.2) is 79.1 Å². The molecule has 3 aromatic carbocycles. The molecule has 0 aliphatic carbocycles. The van der Waals surface area contributed by atoms with Crippen molar-refractivity contribution in [2.45, 2.75) is 83.0 Å². The molecule has 2 aromatic heterocycles. The number of aromatic nitrogens is 4. The van der Waals surface area contributed by atoms with Gasteiger partial charge in [-0.25, -0.2) is 19.6 Å². The number of carbonyl (C=O) groups is 4. The van der Waals surface area contributed by atoms with Gasteiger partial charge in [0.15, 0.2) is 0 Å². The number of hydrogen-bond acceptors (Lipinski definition) is 9. The third-order valence-electron chi connectivity index (χ3n) is 12.3. The first-order chi connectivity index (χ1) is 29.4. The summed E-state index contributed by atoms with van der Waals surface area (Å²) in [6, 6.07) is 19.3. The molecule has 0 radical (unpaired) electrons. The van der Waals surface area contributed by atoms with E-state index in [0.717, 1.165) is 70.8 Å². The van der Waals surface area contributed by atoms with E-state index in [2.05, 4.69) is 52.6 Å². The number of nitrogens with zero attached hydrogens (tertiary/aromatic N) is 4. The van der Waals surface area contributed by atoms with Crippen LogP contribution < -0.4 is 15.4 Å². The molecule has 4 atom stereocenters. The second-order valence-corrected chi connectivity index (χ2v) is 16.7. The molecule has 2 fully saturated rings. The monoisotopic (exact) mass is 828 g/mol. The van der Waals surface area contributed by atoms with Crippen molar-refractivity contribution in [2.24, 2.45) is 5.92 Å². The third kappa shape index (κ3) is 7.91. The predicted molar refractivity (Wildman–Crippen MR) is 227 cm³/mol. The third-order valence-corrected chi connectivity index (χ3v) is 12.3. The number of ether oxygens (including phenoxy) is 3. The normalized spacial score (nSPS) is 18.7. The van der Waals surface area contributed by atoms with Crippen molar-refractivity contribution in [3.63, 3.8) is 0 Å². The van der Waals surface area contributed by atoms with Gasteiger partial charge < -0.3 is 44.6 Å². The van der Waals surface area contributed by atoms with E-state index < -0.39 is 29.7 Å². The van der Waals surface area contributed by atoms with Crippen LogP contribution in [0.3, 0.4) is 0 Å². The summed E-state index contributed by atoms with van der Waals surface area (Å²) in [7, 11) is 2.57. The van der Waals surface area contributed by atoms with E-state index in [1.54, 1.807) is 22.2 Å². The van der Waals surface area contributed by atoms with Crippen LogP contribution in [0.25, 0.3) is 22.5 Å². The van der Waals surface area contributed by atoms with E-state index in [-0.39, 0.29) is 29.8 Å². The molecule has 8 rings (SSSR count). The van der Waals surface area contributed by atoms with E-state index in [0.29, 0.717) is 30.3 Å². The molecular weight excluding hydrogens is 777 g/mol. The number of carbonyl (C=O) groups excluding carboxylic acids is 4. The van der Waals surface area contributed by atoms with Crippen LogP contribution in [0.1, 0.15) is 99.8 Å². The molecule has 3 aliphatic rings. The summed E-state index contributed by atoms with van der Waals surface area (Å²) < 4.78 is 16.2. The summed E-state index contributed by atoms with van der Waals surface area (Å²) >= 11 is 0. The van der Waals surface area contributed by atoms with E-state index in [1.165, 1.54) is 14.2 Å². The maximum Gasteiger partial charge on any atom is 0.407 e. The molecule has 5 heterocycles. The summed E-state index contributed by atoms with van der Waals surface area (Å²) in [6.45, 7) is 9.27. The van der Waals surface area contributed by atoms with Crippen LogP contribution >= 0.6 is 0 Å². The topological polar surface area (TPSA) is 184 Å². The van der Waals surface area contributed by atoms with Crippen molar-refractivity contribution in [1.82, 2.24) is 40.4 Å². The number of aromatic amines is 2. The van der Waals surface area contributed by atoms with E-state index >= 15 is 0 Å². The van der Waals surface area contributed by atoms with Crippen molar-refractivity contribution < 1.29 is 33.4 Å². The van der Waals surface area contributed by atoms with Crippen molar-refractivity contribution in [2.75, 3.05) is 27.3 Å². The lowest BCUT2D eigenvalue weighted by atomic mass is 9.75. The summed E-state index contributed by atoms with van der Waals surface area (Å²) in [4.78, 5) is 72.1. The number of alkyl carbamates (subject to hydrolysis) is 2. The molecule has 4 amide bonds. The first-order valence-electron chi connectivity index (χ1n) is 20.8. The Balaban J connectivity index is 0.992. The minimum atomic E-state index is -0.899. The SMILES string of the molecule is COC(=O)N[C@H](C(=O)N1CCC[C@H]1c1ncc(-c2ccc3c(c2)Oc2ccc(-c4cnc([C@@H]5CCCN5C(=O)[C@H](NC(=O)OC)c5ccccc5)[nH]4)cc2C3(C)C)[nH]1)C(C)C. The lowest BCUT2D eigenvalue weighted by molar-refractivity contribution is -0.135. The number of rotatable bonds is 10. The second kappa shape index (κ2) is 16.8. The predicted octanol–water partition coefficient (Wildman–Crippen LogP) is 7.70. The van der Waals surface area contributed by atoms with Crippen LogP contribution in [0.2, 0.25) is 0 Å². The number of likely N-dealkylation sites (tertiary alicyclic amines) is 2. The Morgan fingerprint density at radius 1 is 0.738 bits per heavy atom. The van der Waals surface area contributed by atoms with Crippen LogP contribution in [0, 0.1) is 5.92 Å². The van der Waals surface area contributed by atoms with Gasteiger partial charge in [-0.05, 0) is 61.4 Å². The molecular formula is C46H52N8O7. The van der Waals surface area contributed by atoms with Gasteiger partial charge in [0.2, 0.25) is 5.91 Å². The number of amides is 4. The lowest BCUT2D eigenvalue weighted by Crippen LogP contribution is -2.51. The highest BCUT2D eigenvalue weighted by molar-refractivity contribution is 5.88. The molecule has 15 nitrogen and oxygen atoms in total. The Bertz CT molecular complexity index is 2440. The smallest absolute Gasteiger partial charge is 0.407 e. The quantitative estimate of drug-likeness (QED) is 0.110. The summed E-state index contributed by atoms with van der Waals surface area (Å²) in [6.07, 6.45) is 5.40. The number of methoxy groups -OCH3 is 2. The fourth-order valence-electron chi connectivity index (χ4n) is 8.92. The number of H-pyrrole nitrogens is 2. The fourth-order valence-corrected chi connectivity index (χ4v) is 8.92. The Morgan fingerprint density at radius 3 is 1.92 bits per heavy atom. The van der Waals surface area contributed by atoms with E-state index in [1.807, 2.05) is 62.4 Å². The van der Waals surface area contributed by atoms with E-state index in [4.69, 9.17) is 24.2 Å². The molecule has 2 saturated heterocycles. The first-order valence-corrected chi connectivity index (χ1v) is 20.8. The Kier molecular flexibility index (Phi) is 11.3. The highest BCUT2D eigenvalue weighted by atomic mass is 16.5. The maximum atomic E-state index is 14.0. The average Bonchev–Trinajstić information content (AvgIpc) is 4.11. The molecule has 5 aromatic rings. The molecule has 15 heteroatoms. The summed E-state index contributed by atoms with van der Waals surface area (Å²) in [5, 5.41) is 5.42. The zero-order chi connectivity index (χ0) is 43.0. The van der Waals surface area contributed by atoms with Gasteiger partial charge in [0.1, 0.15) is 35.2 Å². The molecule has 3 aliphatic heterocycles. The first kappa shape index (κ1) is 41.1. The van der Waals surface area contributed by atoms with Crippen molar-refractivity contribution >= 4 is 24.0 Å². The Morgan fingerprint density at radius 2 is 1.31 bits per heavy atom. The highest BCUT2D eigenvalue weighted by Gasteiger charge is 2.40. The van der Waals surface area contributed by atoms with Crippen LogP contribution in [-0.4, -0.2) is 87.1 Å². The zero-order valence-electron chi connectivity index (χ0n) is 35.3. The largest absolute Gasteiger partial charge is 0.457 e. The molecule has 0 bridgehead atoms. The van der Waals surface area contributed by atoms with Crippen LogP contribution in [0.4, 0.5) is 9.59 Å². The van der Waals surface area contributed by atoms with Crippen LogP contribution in [-0.2, 0) is 24.5 Å². The van der Waals surface area contributed by atoms with Gasteiger partial charge in [-0.1, -0.05) is 70.2 Å². The summed E-state index contributed by atoms with van der Waals surface area (Å²) in [5.41, 5.74) is 5.77. The number of fused-ring (bicyclic) bond motifs is 2. The minimum Gasteiger partial charge on any atom is -0.457 e. The molecule has 0 spiro atoms. The van der Waals surface area contributed by atoms with Gasteiger partial charge in [-0.2, -0.15) is 0 Å². The lowest BCUT2D eigenvalue weighted by Gasteiger charge is -2.35. The molecule has 0 saturated carbocycles. The maximum absolute atomic E-state index is 14.0. The Labute approximate surface area is 354 Å². The van der Waals surface area contributed by atoms with E-state index in [9.17, 15) is 19.2 Å². The molecule has 4 N–H and O–H groups in total. The molecule has 318 valence electrons. The second-order valence-electron chi connectivity index (χ2n) is 16.7. The van der Waals surface area contributed by atoms with Crippen molar-refractivity contribution in [3.05, 3.63) is 107 Å². The summed E-state index contributed by atoms with van der Waals surface area (Å²) in [5.74, 6) is 2.37. The van der Waals surface area contributed by atoms with Gasteiger partial charge in [-0.15, -0.1) is 0 Å². The average molecular weight is 829 g/mol. The number of benzene rings is 3. The van der Waals surface area contributed by atoms with Crippen LogP contribution in [0.5, 0.6) is 11.5 Å². The minimum absolute atomic E-state index is 0.124. The zero-order valence-corrected chi connectivity index (χ0v) is 35.3. The van der Waals surface area contributed by atoms with Gasteiger partial charge in [0, 0.05) is 40.8 Å². The molecule has 0 unspecified atom stereocenters. The number of hydrogen-bond donors (Lipinski definition) is 4. The van der Waals surface area contributed by atoms with Crippen molar-refractivity contribution in [3.8, 4) is 34.0 Å². The highest BCUT2D eigenvalue weighted by Crippen LogP contribution is 2.50. The fraction of sp³-hybridized carbons (Fsp3) is 0.391. The Hall–Kier alpha value is -6.64. The van der Waals surface area contributed by atoms with Gasteiger partial charge in [0.25, 0.3) is 5.91 Å². The van der Waals surface area contributed by atoms with Gasteiger partial charge in [-0.3, -0.25) is 9.59 Å². The standard InChI is InChI=1S/C46H52N8O7/c1-26(2)38(51-44(57)59-5)42(55)53-20-10-14-34(53)40-48-25-33(50-40)29-16-18-30-37(23-29)61-36-19-17-28(22-31(36)46(30,3)4)32-24-47-41(49-32)35-15-11-21-54(35)43(56)39(52-45(58)60-6)27-12-8-7-9-13-27/h7-9,12-13,16-19,22-26,34-35,38-39H,10-11,14-15,20-21H2,1-6H3,(H,47,49)(H,48,50)(H,51,57)(H,52,58)/t34-,35-,38-,39+/m0/s1. The number of nitrogens with one attached hydrogen (secondary N) is 4. The number of imidazole rings is 2. The van der Waals surface area contributed by atoms with Crippen molar-refractivity contribution in [1.29, 1.82) is 0 Å². The van der Waals surface area contributed by atoms with Gasteiger partial charge in [0.05, 0.1) is 50.1 Å².